The minimum Gasteiger partial charge on any atom is -0.491 e. The van der Waals surface area contributed by atoms with Crippen molar-refractivity contribution in [2.75, 3.05) is 13.7 Å². The summed E-state index contributed by atoms with van der Waals surface area (Å²) in [5.41, 5.74) is 0.654. The van der Waals surface area contributed by atoms with Crippen LogP contribution in [0.25, 0.3) is 6.08 Å². The van der Waals surface area contributed by atoms with Crippen LogP contribution in [0, 0.1) is 0 Å². The van der Waals surface area contributed by atoms with Crippen molar-refractivity contribution in [2.24, 2.45) is 0 Å². The van der Waals surface area contributed by atoms with Crippen molar-refractivity contribution in [2.45, 2.75) is 26.9 Å². The number of carbonyl (C=O) groups is 2. The van der Waals surface area contributed by atoms with Crippen LogP contribution in [0.5, 0.6) is 11.5 Å². The molecule has 1 rings (SSSR count). The molecule has 5 nitrogen and oxygen atoms in total. The molecule has 6 heteroatoms. The Bertz CT molecular complexity index is 580. The topological polar surface area (TPSA) is 61.8 Å². The minimum absolute atomic E-state index is 0.215. The number of esters is 1. The van der Waals surface area contributed by atoms with Gasteiger partial charge in [0, 0.05) is 6.08 Å². The first-order valence-electron chi connectivity index (χ1n) is 6.78. The highest BCUT2D eigenvalue weighted by Crippen LogP contribution is 2.36. The number of benzene rings is 1. The Balaban J connectivity index is 2.91. The van der Waals surface area contributed by atoms with E-state index in [1.165, 1.54) is 33.1 Å². The Morgan fingerprint density at radius 1 is 1.36 bits per heavy atom. The largest absolute Gasteiger partial charge is 0.491 e. The summed E-state index contributed by atoms with van der Waals surface area (Å²) in [7, 11) is 1.50. The molecule has 0 radical (unpaired) electrons. The van der Waals surface area contributed by atoms with E-state index in [1.54, 1.807) is 12.1 Å². The number of ether oxygens (including phenoxy) is 3. The quantitative estimate of drug-likeness (QED) is 0.568. The van der Waals surface area contributed by atoms with Crippen molar-refractivity contribution in [3.05, 3.63) is 28.8 Å². The molecule has 0 aliphatic carbocycles. The highest BCUT2D eigenvalue weighted by atomic mass is 35.5. The molecule has 1 atom stereocenters. The monoisotopic (exact) mass is 326 g/mol. The Morgan fingerprint density at radius 3 is 2.59 bits per heavy atom. The van der Waals surface area contributed by atoms with Gasteiger partial charge in [0.15, 0.2) is 23.4 Å². The number of carbonyl (C=O) groups excluding carboxylic acids is 2. The number of hydrogen-bond acceptors (Lipinski definition) is 5. The molecule has 0 saturated heterocycles. The van der Waals surface area contributed by atoms with Gasteiger partial charge < -0.3 is 14.2 Å². The Labute approximate surface area is 134 Å². The van der Waals surface area contributed by atoms with Gasteiger partial charge in [-0.3, -0.25) is 4.79 Å². The summed E-state index contributed by atoms with van der Waals surface area (Å²) in [6, 6.07) is 3.34. The Morgan fingerprint density at radius 2 is 2.05 bits per heavy atom. The van der Waals surface area contributed by atoms with Gasteiger partial charge in [0.05, 0.1) is 18.7 Å². The van der Waals surface area contributed by atoms with Crippen LogP contribution in [-0.4, -0.2) is 31.6 Å². The van der Waals surface area contributed by atoms with Gasteiger partial charge in [-0.2, -0.15) is 0 Å². The number of hydrogen-bond donors (Lipinski definition) is 0. The predicted octanol–water partition coefficient (Wildman–Crippen LogP) is 3.28. The van der Waals surface area contributed by atoms with Gasteiger partial charge in [0.2, 0.25) is 0 Å². The van der Waals surface area contributed by atoms with E-state index >= 15 is 0 Å². The zero-order valence-electron chi connectivity index (χ0n) is 13.0. The lowest BCUT2D eigenvalue weighted by Crippen LogP contribution is -2.20. The molecule has 0 aliphatic heterocycles. The van der Waals surface area contributed by atoms with Crippen LogP contribution in [-0.2, 0) is 14.3 Å². The first-order chi connectivity index (χ1) is 10.4. The highest BCUT2D eigenvalue weighted by Gasteiger charge is 2.12. The van der Waals surface area contributed by atoms with Crippen molar-refractivity contribution >= 4 is 29.4 Å². The van der Waals surface area contributed by atoms with Crippen molar-refractivity contribution in [1.29, 1.82) is 0 Å². The maximum Gasteiger partial charge on any atom is 0.331 e. The third-order valence-corrected chi connectivity index (χ3v) is 3.09. The summed E-state index contributed by atoms with van der Waals surface area (Å²) < 4.78 is 15.5. The zero-order chi connectivity index (χ0) is 16.7. The standard InChI is InChI=1S/C16H19ClO5/c1-5-21-14-9-12(8-13(17)16(14)20-4)6-7-15(19)22-11(3)10(2)18/h6-9,11H,5H2,1-4H3/b7-6+/t11-/m0/s1. The molecule has 0 aromatic heterocycles. The normalized spacial score (nSPS) is 12.0. The first-order valence-corrected chi connectivity index (χ1v) is 7.16. The second-order valence-electron chi connectivity index (χ2n) is 4.49. The summed E-state index contributed by atoms with van der Waals surface area (Å²) in [5.74, 6) is 0.108. The molecule has 0 bridgehead atoms. The predicted molar refractivity (Wildman–Crippen MR) is 84.4 cm³/mol. The molecule has 1 aromatic rings. The van der Waals surface area contributed by atoms with E-state index in [1.807, 2.05) is 6.92 Å². The van der Waals surface area contributed by atoms with Gasteiger partial charge in [-0.25, -0.2) is 4.79 Å². The molecule has 0 N–H and O–H groups in total. The molecule has 0 aliphatic rings. The summed E-state index contributed by atoms with van der Waals surface area (Å²) in [6.45, 7) is 5.18. The SMILES string of the molecule is CCOc1cc(/C=C/C(=O)O[C@@H](C)C(C)=O)cc(Cl)c1OC. The molecule has 0 saturated carbocycles. The molecular weight excluding hydrogens is 308 g/mol. The molecule has 0 unspecified atom stereocenters. The van der Waals surface area contributed by atoms with Crippen LogP contribution < -0.4 is 9.47 Å². The zero-order valence-corrected chi connectivity index (χ0v) is 13.8. The lowest BCUT2D eigenvalue weighted by molar-refractivity contribution is -0.148. The molecule has 0 heterocycles. The molecule has 0 amide bonds. The van der Waals surface area contributed by atoms with Crippen molar-refractivity contribution in [3.8, 4) is 11.5 Å². The van der Waals surface area contributed by atoms with Crippen LogP contribution in [0.1, 0.15) is 26.3 Å². The maximum atomic E-state index is 11.6. The third-order valence-electron chi connectivity index (χ3n) is 2.81. The van der Waals surface area contributed by atoms with E-state index in [2.05, 4.69) is 0 Å². The van der Waals surface area contributed by atoms with E-state index in [9.17, 15) is 9.59 Å². The smallest absolute Gasteiger partial charge is 0.331 e. The summed E-state index contributed by atoms with van der Waals surface area (Å²) >= 11 is 6.11. The molecule has 22 heavy (non-hydrogen) atoms. The number of ketones is 1. The van der Waals surface area contributed by atoms with Crippen molar-refractivity contribution in [3.63, 3.8) is 0 Å². The second kappa shape index (κ2) is 8.44. The van der Waals surface area contributed by atoms with Crippen LogP contribution in [0.4, 0.5) is 0 Å². The lowest BCUT2D eigenvalue weighted by atomic mass is 10.2. The summed E-state index contributed by atoms with van der Waals surface area (Å²) in [6.07, 6.45) is 1.99. The van der Waals surface area contributed by atoms with E-state index in [4.69, 9.17) is 25.8 Å². The Kier molecular flexibility index (Phi) is 6.92. The van der Waals surface area contributed by atoms with Gasteiger partial charge in [-0.15, -0.1) is 0 Å². The average molecular weight is 327 g/mol. The molecule has 1 aromatic carbocycles. The minimum atomic E-state index is -0.768. The lowest BCUT2D eigenvalue weighted by Gasteiger charge is -2.12. The maximum absolute atomic E-state index is 11.6. The van der Waals surface area contributed by atoms with E-state index in [0.717, 1.165) is 0 Å². The van der Waals surface area contributed by atoms with E-state index in [0.29, 0.717) is 28.7 Å². The van der Waals surface area contributed by atoms with Gasteiger partial charge in [0.25, 0.3) is 0 Å². The van der Waals surface area contributed by atoms with E-state index < -0.39 is 12.1 Å². The molecule has 120 valence electrons. The fourth-order valence-corrected chi connectivity index (χ4v) is 1.90. The van der Waals surface area contributed by atoms with Crippen LogP contribution in [0.3, 0.4) is 0 Å². The van der Waals surface area contributed by atoms with Gasteiger partial charge in [-0.1, -0.05) is 11.6 Å². The third kappa shape index (κ3) is 5.07. The number of rotatable bonds is 7. The highest BCUT2D eigenvalue weighted by molar-refractivity contribution is 6.32. The van der Waals surface area contributed by atoms with Gasteiger partial charge in [-0.05, 0) is 44.5 Å². The van der Waals surface area contributed by atoms with Crippen LogP contribution >= 0.6 is 11.6 Å². The van der Waals surface area contributed by atoms with E-state index in [-0.39, 0.29) is 5.78 Å². The first kappa shape index (κ1) is 18.0. The van der Waals surface area contributed by atoms with Crippen molar-refractivity contribution in [1.82, 2.24) is 0 Å². The molecular formula is C16H19ClO5. The number of Topliss-reactive ketones (excluding diaryl/α,β-unsaturated/α-hetero) is 1. The fourth-order valence-electron chi connectivity index (χ4n) is 1.61. The summed E-state index contributed by atoms with van der Waals surface area (Å²) in [5, 5.41) is 0.374. The Hall–Kier alpha value is -2.01. The average Bonchev–Trinajstić information content (AvgIpc) is 2.45. The molecule has 0 spiro atoms. The van der Waals surface area contributed by atoms with Gasteiger partial charge >= 0.3 is 5.97 Å². The van der Waals surface area contributed by atoms with Crippen molar-refractivity contribution < 1.29 is 23.8 Å². The van der Waals surface area contributed by atoms with Crippen LogP contribution in [0.2, 0.25) is 5.02 Å². The molecule has 0 fully saturated rings. The van der Waals surface area contributed by atoms with Crippen LogP contribution in [0.15, 0.2) is 18.2 Å². The summed E-state index contributed by atoms with van der Waals surface area (Å²) in [4.78, 5) is 22.6. The fraction of sp³-hybridized carbons (Fsp3) is 0.375. The number of halogens is 1. The number of methoxy groups -OCH3 is 1. The van der Waals surface area contributed by atoms with Gasteiger partial charge in [0.1, 0.15) is 0 Å². The second-order valence-corrected chi connectivity index (χ2v) is 4.90.